The first-order chi connectivity index (χ1) is 25.3. The molecule has 1 aliphatic carbocycles. The predicted molar refractivity (Wildman–Crippen MR) is 207 cm³/mol. The summed E-state index contributed by atoms with van der Waals surface area (Å²) in [5.41, 5.74) is 2.99. The van der Waals surface area contributed by atoms with Crippen LogP contribution in [-0.2, 0) is 9.59 Å². The van der Waals surface area contributed by atoms with Crippen molar-refractivity contribution in [3.63, 3.8) is 0 Å². The fraction of sp³-hybridized carbons (Fsp3) is 0.333. The van der Waals surface area contributed by atoms with Crippen LogP contribution in [0.1, 0.15) is 110 Å². The van der Waals surface area contributed by atoms with Crippen LogP contribution < -0.4 is 30.7 Å². The molecule has 0 atom stereocenters. The molecule has 1 aliphatic rings. The first-order valence-electron chi connectivity index (χ1n) is 18.1. The fourth-order valence-corrected chi connectivity index (χ4v) is 6.33. The summed E-state index contributed by atoms with van der Waals surface area (Å²) >= 11 is 0. The van der Waals surface area contributed by atoms with Gasteiger partial charge in [0.15, 0.2) is 11.6 Å². The largest absolute Gasteiger partial charge is 0.497 e. The molecule has 0 heterocycles. The summed E-state index contributed by atoms with van der Waals surface area (Å²) < 4.78 is 10.6. The maximum absolute atomic E-state index is 14.9. The first-order valence-corrected chi connectivity index (χ1v) is 18.1. The van der Waals surface area contributed by atoms with E-state index in [0.717, 1.165) is 38.5 Å². The summed E-state index contributed by atoms with van der Waals surface area (Å²) in [7, 11) is 3.16. The van der Waals surface area contributed by atoms with Crippen molar-refractivity contribution in [1.29, 1.82) is 0 Å². The van der Waals surface area contributed by atoms with Gasteiger partial charge in [0.2, 0.25) is 11.8 Å². The Morgan fingerprint density at radius 3 is 1.17 bits per heavy atom. The van der Waals surface area contributed by atoms with E-state index < -0.39 is 11.6 Å². The zero-order valence-electron chi connectivity index (χ0n) is 30.4. The molecule has 52 heavy (non-hydrogen) atoms. The highest BCUT2D eigenvalue weighted by atomic mass is 16.5. The third-order valence-electron chi connectivity index (χ3n) is 9.12. The minimum absolute atomic E-state index is 0.0676. The predicted octanol–water partition coefficient (Wildman–Crippen LogP) is 9.78. The molecule has 2 amide bonds. The van der Waals surface area contributed by atoms with E-state index in [1.165, 1.54) is 0 Å². The molecule has 272 valence electrons. The highest BCUT2D eigenvalue weighted by Crippen LogP contribution is 2.43. The van der Waals surface area contributed by atoms with Gasteiger partial charge in [-0.05, 0) is 85.6 Å². The lowest BCUT2D eigenvalue weighted by Gasteiger charge is -2.27. The number of hydrogen-bond donors (Lipinski definition) is 4. The van der Waals surface area contributed by atoms with E-state index in [0.29, 0.717) is 47.1 Å². The van der Waals surface area contributed by atoms with Crippen molar-refractivity contribution in [2.75, 3.05) is 35.5 Å². The number of fused-ring (bicyclic) bond motifs is 2. The van der Waals surface area contributed by atoms with Crippen molar-refractivity contribution in [1.82, 2.24) is 0 Å². The number of anilines is 6. The Morgan fingerprint density at radius 2 is 0.827 bits per heavy atom. The van der Waals surface area contributed by atoms with Gasteiger partial charge in [-0.25, -0.2) is 0 Å². The number of methoxy groups -OCH3 is 2. The van der Waals surface area contributed by atoms with Crippen LogP contribution in [0.15, 0.2) is 72.8 Å². The van der Waals surface area contributed by atoms with Crippen LogP contribution in [0.25, 0.3) is 0 Å². The molecule has 0 bridgehead atoms. The van der Waals surface area contributed by atoms with Crippen LogP contribution in [0.5, 0.6) is 11.5 Å². The summed E-state index contributed by atoms with van der Waals surface area (Å²) in [4.78, 5) is 56.2. The molecule has 4 aromatic rings. The fourth-order valence-electron chi connectivity index (χ4n) is 6.33. The molecule has 0 spiro atoms. The molecule has 0 saturated heterocycles. The van der Waals surface area contributed by atoms with Crippen molar-refractivity contribution < 1.29 is 28.7 Å². The highest BCUT2D eigenvalue weighted by Gasteiger charge is 2.38. The average molecular weight is 705 g/mol. The number of carbonyl (C=O) groups is 4. The lowest BCUT2D eigenvalue weighted by Crippen LogP contribution is -2.28. The number of carbonyl (C=O) groups excluding carboxylic acids is 4. The van der Waals surface area contributed by atoms with E-state index in [9.17, 15) is 19.2 Å². The third-order valence-corrected chi connectivity index (χ3v) is 9.12. The van der Waals surface area contributed by atoms with Gasteiger partial charge in [-0.1, -0.05) is 52.4 Å². The van der Waals surface area contributed by atoms with E-state index in [-0.39, 0.29) is 58.3 Å². The van der Waals surface area contributed by atoms with E-state index in [4.69, 9.17) is 9.47 Å². The number of ketones is 2. The van der Waals surface area contributed by atoms with Gasteiger partial charge in [-0.2, -0.15) is 0 Å². The summed E-state index contributed by atoms with van der Waals surface area (Å²) in [6.07, 6.45) is 7.97. The summed E-state index contributed by atoms with van der Waals surface area (Å²) in [5, 5.41) is 12.5. The van der Waals surface area contributed by atoms with E-state index in [1.54, 1.807) is 62.8 Å². The van der Waals surface area contributed by atoms with Crippen LogP contribution in [0.3, 0.4) is 0 Å². The molecular formula is C42H48N4O6. The third kappa shape index (κ3) is 8.98. The monoisotopic (exact) mass is 704 g/mol. The Balaban J connectivity index is 1.62. The molecule has 10 heteroatoms. The first kappa shape index (κ1) is 37.6. The van der Waals surface area contributed by atoms with Gasteiger partial charge in [0.25, 0.3) is 0 Å². The molecule has 5 rings (SSSR count). The van der Waals surface area contributed by atoms with Gasteiger partial charge >= 0.3 is 0 Å². The van der Waals surface area contributed by atoms with Crippen LogP contribution in [-0.4, -0.2) is 37.6 Å². The number of benzene rings is 4. The lowest BCUT2D eigenvalue weighted by atomic mass is 9.80. The van der Waals surface area contributed by atoms with E-state index in [1.807, 2.05) is 24.3 Å². The Bertz CT molecular complexity index is 1770. The van der Waals surface area contributed by atoms with Gasteiger partial charge in [-0.15, -0.1) is 0 Å². The quantitative estimate of drug-likeness (QED) is 0.0663. The van der Waals surface area contributed by atoms with E-state index in [2.05, 4.69) is 35.1 Å². The molecule has 0 aliphatic heterocycles. The average Bonchev–Trinajstić information content (AvgIpc) is 3.15. The van der Waals surface area contributed by atoms with Crippen LogP contribution in [0.4, 0.5) is 34.1 Å². The molecule has 10 nitrogen and oxygen atoms in total. The molecule has 0 saturated carbocycles. The Labute approximate surface area is 305 Å². The number of hydrogen-bond acceptors (Lipinski definition) is 8. The topological polar surface area (TPSA) is 135 Å². The zero-order chi connectivity index (χ0) is 37.0. The second-order valence-corrected chi connectivity index (χ2v) is 12.9. The SMILES string of the molecule is CCCCCCC(=O)Nc1ccc(Nc2ccc(OC)cc2)c2c1C(=O)c1c(NC(=O)CCCCCC)ccc(Nc3ccc(OC)cc3)c1C2=O. The second-order valence-electron chi connectivity index (χ2n) is 12.9. The van der Waals surface area contributed by atoms with Gasteiger partial charge in [0.05, 0.1) is 59.2 Å². The maximum Gasteiger partial charge on any atom is 0.224 e. The summed E-state index contributed by atoms with van der Waals surface area (Å²) in [5.74, 6) is -0.0667. The van der Waals surface area contributed by atoms with Crippen molar-refractivity contribution in [2.24, 2.45) is 0 Å². The number of unbranched alkanes of at least 4 members (excludes halogenated alkanes) is 6. The van der Waals surface area contributed by atoms with Crippen LogP contribution in [0.2, 0.25) is 0 Å². The molecular weight excluding hydrogens is 656 g/mol. The molecule has 4 aromatic carbocycles. The van der Waals surface area contributed by atoms with Crippen LogP contribution >= 0.6 is 0 Å². The molecule has 0 unspecified atom stereocenters. The lowest BCUT2D eigenvalue weighted by molar-refractivity contribution is -0.117. The minimum atomic E-state index is -0.482. The van der Waals surface area contributed by atoms with Crippen molar-refractivity contribution in [2.45, 2.75) is 78.1 Å². The van der Waals surface area contributed by atoms with Crippen molar-refractivity contribution >= 4 is 57.5 Å². The van der Waals surface area contributed by atoms with Crippen LogP contribution in [0, 0.1) is 0 Å². The van der Waals surface area contributed by atoms with E-state index >= 15 is 0 Å². The van der Waals surface area contributed by atoms with Crippen molar-refractivity contribution in [3.8, 4) is 11.5 Å². The van der Waals surface area contributed by atoms with Gasteiger partial charge < -0.3 is 30.7 Å². The number of amides is 2. The normalized spacial score (nSPS) is 11.7. The molecule has 0 fully saturated rings. The summed E-state index contributed by atoms with van der Waals surface area (Å²) in [6, 6.07) is 21.1. The van der Waals surface area contributed by atoms with Gasteiger partial charge in [0.1, 0.15) is 11.5 Å². The molecule has 0 aromatic heterocycles. The van der Waals surface area contributed by atoms with Crippen molar-refractivity contribution in [3.05, 3.63) is 95.1 Å². The molecule has 0 radical (unpaired) electrons. The Kier molecular flexibility index (Phi) is 13.0. The number of rotatable bonds is 18. The maximum atomic E-state index is 14.9. The molecule has 4 N–H and O–H groups in total. The number of nitrogens with one attached hydrogen (secondary N) is 4. The Hall–Kier alpha value is -5.64. The van der Waals surface area contributed by atoms with Gasteiger partial charge in [-0.3, -0.25) is 19.2 Å². The van der Waals surface area contributed by atoms with Gasteiger partial charge in [0, 0.05) is 24.2 Å². The zero-order valence-corrected chi connectivity index (χ0v) is 30.4. The smallest absolute Gasteiger partial charge is 0.224 e. The highest BCUT2D eigenvalue weighted by molar-refractivity contribution is 6.35. The number of ether oxygens (including phenoxy) is 2. The second kappa shape index (κ2) is 18.0. The Morgan fingerprint density at radius 1 is 0.481 bits per heavy atom. The standard InChI is InChI=1S/C42H48N4O6/c1-5-7-9-11-13-35(47)45-33-25-23-31(43-27-15-19-29(51-3)20-16-27)37-39(33)42(50)40-34(46-36(48)14-12-10-8-6-2)26-24-32(38(40)41(37)49)44-28-17-21-30(52-4)22-18-28/h15-26,43-44H,5-14H2,1-4H3,(H,45,47)(H,46,48). The minimum Gasteiger partial charge on any atom is -0.497 e. The summed E-state index contributed by atoms with van der Waals surface area (Å²) in [6.45, 7) is 4.21.